The zero-order valence-corrected chi connectivity index (χ0v) is 9.73. The first-order valence-corrected chi connectivity index (χ1v) is 5.29. The third kappa shape index (κ3) is 3.68. The SMILES string of the molecule is CC(CC(N)=NO)N1CCOC(C)(C)C1. The van der Waals surface area contributed by atoms with Crippen molar-refractivity contribution in [3.05, 3.63) is 0 Å². The molecule has 1 atom stereocenters. The van der Waals surface area contributed by atoms with Crippen LogP contribution in [0.15, 0.2) is 5.16 Å². The second-order valence-electron chi connectivity index (χ2n) is 4.72. The fourth-order valence-electron chi connectivity index (χ4n) is 1.90. The number of hydrogen-bond acceptors (Lipinski definition) is 4. The Bertz CT molecular complexity index is 241. The molecule has 0 aromatic carbocycles. The van der Waals surface area contributed by atoms with Gasteiger partial charge in [0.2, 0.25) is 0 Å². The number of morpholine rings is 1. The summed E-state index contributed by atoms with van der Waals surface area (Å²) in [4.78, 5) is 2.31. The van der Waals surface area contributed by atoms with Crippen LogP contribution >= 0.6 is 0 Å². The average Bonchev–Trinajstić information content (AvgIpc) is 2.16. The highest BCUT2D eigenvalue weighted by molar-refractivity contribution is 5.80. The van der Waals surface area contributed by atoms with E-state index < -0.39 is 0 Å². The molecule has 1 aliphatic heterocycles. The summed E-state index contributed by atoms with van der Waals surface area (Å²) in [5.74, 6) is 0.284. The van der Waals surface area contributed by atoms with Crippen LogP contribution in [0.4, 0.5) is 0 Å². The van der Waals surface area contributed by atoms with Crippen molar-refractivity contribution in [3.63, 3.8) is 0 Å². The molecule has 1 heterocycles. The first kappa shape index (κ1) is 12.3. The first-order valence-electron chi connectivity index (χ1n) is 5.29. The van der Waals surface area contributed by atoms with Gasteiger partial charge in [0, 0.05) is 25.6 Å². The number of ether oxygens (including phenoxy) is 1. The number of oxime groups is 1. The van der Waals surface area contributed by atoms with E-state index in [0.29, 0.717) is 6.42 Å². The molecule has 88 valence electrons. The van der Waals surface area contributed by atoms with Gasteiger partial charge in [-0.05, 0) is 20.8 Å². The molecule has 1 unspecified atom stereocenters. The van der Waals surface area contributed by atoms with Gasteiger partial charge in [0.25, 0.3) is 0 Å². The summed E-state index contributed by atoms with van der Waals surface area (Å²) in [7, 11) is 0. The molecule has 0 radical (unpaired) electrons. The van der Waals surface area contributed by atoms with Crippen molar-refractivity contribution in [1.29, 1.82) is 0 Å². The number of rotatable bonds is 3. The zero-order chi connectivity index (χ0) is 11.5. The van der Waals surface area contributed by atoms with Crippen LogP contribution < -0.4 is 5.73 Å². The van der Waals surface area contributed by atoms with Crippen molar-refractivity contribution >= 4 is 5.84 Å². The van der Waals surface area contributed by atoms with Crippen molar-refractivity contribution in [2.75, 3.05) is 19.7 Å². The number of amidine groups is 1. The van der Waals surface area contributed by atoms with Crippen molar-refractivity contribution < 1.29 is 9.94 Å². The van der Waals surface area contributed by atoms with E-state index in [4.69, 9.17) is 15.7 Å². The molecule has 15 heavy (non-hydrogen) atoms. The zero-order valence-electron chi connectivity index (χ0n) is 9.73. The van der Waals surface area contributed by atoms with Gasteiger partial charge in [0.15, 0.2) is 0 Å². The second-order valence-corrected chi connectivity index (χ2v) is 4.72. The monoisotopic (exact) mass is 215 g/mol. The van der Waals surface area contributed by atoms with E-state index in [9.17, 15) is 0 Å². The van der Waals surface area contributed by atoms with Gasteiger partial charge in [-0.15, -0.1) is 0 Å². The van der Waals surface area contributed by atoms with Crippen molar-refractivity contribution in [2.24, 2.45) is 10.9 Å². The predicted molar refractivity (Wildman–Crippen MR) is 59.1 cm³/mol. The molecule has 5 heteroatoms. The summed E-state index contributed by atoms with van der Waals surface area (Å²) >= 11 is 0. The maximum absolute atomic E-state index is 8.50. The molecule has 0 aromatic heterocycles. The van der Waals surface area contributed by atoms with Gasteiger partial charge >= 0.3 is 0 Å². The average molecular weight is 215 g/mol. The first-order chi connectivity index (χ1) is 6.94. The molecule has 0 aromatic rings. The van der Waals surface area contributed by atoms with Crippen LogP contribution in [0.3, 0.4) is 0 Å². The largest absolute Gasteiger partial charge is 0.409 e. The van der Waals surface area contributed by atoms with Gasteiger partial charge in [-0.2, -0.15) is 0 Å². The Hall–Kier alpha value is -0.810. The molecule has 0 spiro atoms. The van der Waals surface area contributed by atoms with Crippen LogP contribution in [-0.2, 0) is 4.74 Å². The van der Waals surface area contributed by atoms with E-state index in [0.717, 1.165) is 19.7 Å². The van der Waals surface area contributed by atoms with E-state index in [1.807, 2.05) is 0 Å². The molecule has 0 aliphatic carbocycles. The number of nitrogens with two attached hydrogens (primary N) is 1. The lowest BCUT2D eigenvalue weighted by atomic mass is 10.0. The fourth-order valence-corrected chi connectivity index (χ4v) is 1.90. The van der Waals surface area contributed by atoms with E-state index >= 15 is 0 Å². The van der Waals surface area contributed by atoms with Crippen LogP contribution in [0.1, 0.15) is 27.2 Å². The van der Waals surface area contributed by atoms with E-state index in [1.54, 1.807) is 0 Å². The van der Waals surface area contributed by atoms with E-state index in [-0.39, 0.29) is 17.5 Å². The summed E-state index contributed by atoms with van der Waals surface area (Å²) in [5.41, 5.74) is 5.39. The highest BCUT2D eigenvalue weighted by Crippen LogP contribution is 2.19. The Morgan fingerprint density at radius 2 is 2.33 bits per heavy atom. The summed E-state index contributed by atoms with van der Waals surface area (Å²) in [5, 5.41) is 11.5. The third-order valence-corrected chi connectivity index (χ3v) is 2.71. The molecule has 1 aliphatic rings. The minimum atomic E-state index is -0.0996. The van der Waals surface area contributed by atoms with Crippen LogP contribution in [0.2, 0.25) is 0 Å². The van der Waals surface area contributed by atoms with Crippen molar-refractivity contribution in [1.82, 2.24) is 4.90 Å². The molecule has 0 bridgehead atoms. The highest BCUT2D eigenvalue weighted by atomic mass is 16.5. The van der Waals surface area contributed by atoms with Gasteiger partial charge in [-0.25, -0.2) is 0 Å². The summed E-state index contributed by atoms with van der Waals surface area (Å²) in [6, 6.07) is 0.282. The second kappa shape index (κ2) is 4.81. The Labute approximate surface area is 90.9 Å². The molecular weight excluding hydrogens is 194 g/mol. The molecule has 1 fully saturated rings. The molecule has 0 saturated carbocycles. The fraction of sp³-hybridized carbons (Fsp3) is 0.900. The summed E-state index contributed by atoms with van der Waals surface area (Å²) < 4.78 is 5.62. The molecular formula is C10H21N3O2. The van der Waals surface area contributed by atoms with Gasteiger partial charge in [-0.3, -0.25) is 4.90 Å². The van der Waals surface area contributed by atoms with Gasteiger partial charge in [0.1, 0.15) is 5.84 Å². The van der Waals surface area contributed by atoms with Gasteiger partial charge < -0.3 is 15.7 Å². The van der Waals surface area contributed by atoms with E-state index in [2.05, 4.69) is 30.8 Å². The Kier molecular flexibility index (Phi) is 3.93. The topological polar surface area (TPSA) is 71.1 Å². The highest BCUT2D eigenvalue weighted by Gasteiger charge is 2.29. The Morgan fingerprint density at radius 3 is 2.87 bits per heavy atom. The van der Waals surface area contributed by atoms with Gasteiger partial charge in [-0.1, -0.05) is 5.16 Å². The minimum Gasteiger partial charge on any atom is -0.409 e. The Balaban J connectivity index is 2.49. The van der Waals surface area contributed by atoms with Crippen LogP contribution in [0.5, 0.6) is 0 Å². The van der Waals surface area contributed by atoms with Crippen LogP contribution in [0.25, 0.3) is 0 Å². The van der Waals surface area contributed by atoms with Gasteiger partial charge in [0.05, 0.1) is 12.2 Å². The van der Waals surface area contributed by atoms with Crippen molar-refractivity contribution in [3.8, 4) is 0 Å². The lowest BCUT2D eigenvalue weighted by Gasteiger charge is -2.41. The third-order valence-electron chi connectivity index (χ3n) is 2.71. The molecule has 0 amide bonds. The maximum atomic E-state index is 8.50. The number of nitrogens with zero attached hydrogens (tertiary/aromatic N) is 2. The lowest BCUT2D eigenvalue weighted by Crippen LogP contribution is -2.52. The predicted octanol–water partition coefficient (Wildman–Crippen LogP) is 0.622. The quantitative estimate of drug-likeness (QED) is 0.313. The normalized spacial score (nSPS) is 25.1. The summed E-state index contributed by atoms with van der Waals surface area (Å²) in [6.07, 6.45) is 0.590. The van der Waals surface area contributed by atoms with Crippen molar-refractivity contribution in [2.45, 2.75) is 38.8 Å². The lowest BCUT2D eigenvalue weighted by molar-refractivity contribution is -0.0947. The Morgan fingerprint density at radius 1 is 1.67 bits per heavy atom. The molecule has 1 saturated heterocycles. The number of hydrogen-bond donors (Lipinski definition) is 2. The maximum Gasteiger partial charge on any atom is 0.140 e. The standard InChI is InChI=1S/C10H21N3O2/c1-8(6-9(11)12-14)13-4-5-15-10(2,3)7-13/h8,14H,4-7H2,1-3H3,(H2,11,12). The molecule has 5 nitrogen and oxygen atoms in total. The smallest absolute Gasteiger partial charge is 0.140 e. The van der Waals surface area contributed by atoms with E-state index in [1.165, 1.54) is 0 Å². The minimum absolute atomic E-state index is 0.0996. The molecule has 3 N–H and O–H groups in total. The van der Waals surface area contributed by atoms with Crippen LogP contribution in [-0.4, -0.2) is 47.3 Å². The summed E-state index contributed by atoms with van der Waals surface area (Å²) in [6.45, 7) is 8.77. The van der Waals surface area contributed by atoms with Crippen LogP contribution in [0, 0.1) is 0 Å². The molecule has 1 rings (SSSR count).